The van der Waals surface area contributed by atoms with Gasteiger partial charge in [0.2, 0.25) is 0 Å². The van der Waals surface area contributed by atoms with Crippen molar-refractivity contribution in [2.45, 2.75) is 0 Å². The van der Waals surface area contributed by atoms with Gasteiger partial charge in [-0.2, -0.15) is 0 Å². The first-order chi connectivity index (χ1) is 5.68. The van der Waals surface area contributed by atoms with Gasteiger partial charge in [0.05, 0.1) is 10.7 Å². The summed E-state index contributed by atoms with van der Waals surface area (Å²) in [5.74, 6) is -0.305. The van der Waals surface area contributed by atoms with Crippen LogP contribution >= 0.6 is 31.9 Å². The predicted octanol–water partition coefficient (Wildman–Crippen LogP) is 3.00. The smallest absolute Gasteiger partial charge is 0.142 e. The number of aromatic nitrogens is 2. The van der Waals surface area contributed by atoms with E-state index < -0.39 is 0 Å². The van der Waals surface area contributed by atoms with Crippen LogP contribution in [0, 0.1) is 5.82 Å². The monoisotopic (exact) mass is 292 g/mol. The largest absolute Gasteiger partial charge is 0.293 e. The second-order valence-corrected chi connectivity index (χ2v) is 3.95. The fourth-order valence-electron chi connectivity index (χ4n) is 0.945. The van der Waals surface area contributed by atoms with Crippen molar-refractivity contribution < 1.29 is 4.39 Å². The molecule has 0 N–H and O–H groups in total. The van der Waals surface area contributed by atoms with E-state index in [2.05, 4.69) is 36.8 Å². The van der Waals surface area contributed by atoms with Crippen LogP contribution in [-0.2, 0) is 0 Å². The molecule has 2 rings (SSSR count). The molecule has 0 saturated heterocycles. The predicted molar refractivity (Wildman–Crippen MR) is 50.6 cm³/mol. The van der Waals surface area contributed by atoms with Crippen LogP contribution in [0.15, 0.2) is 27.5 Å². The molecule has 2 heterocycles. The van der Waals surface area contributed by atoms with Gasteiger partial charge < -0.3 is 0 Å². The maximum absolute atomic E-state index is 12.9. The molecule has 0 saturated carbocycles. The Hall–Kier alpha value is -0.420. The first-order valence-electron chi connectivity index (χ1n) is 3.16. The highest BCUT2D eigenvalue weighted by molar-refractivity contribution is 9.10. The zero-order valence-electron chi connectivity index (χ0n) is 5.76. The lowest BCUT2D eigenvalue weighted by Crippen LogP contribution is -1.87. The Bertz CT molecular complexity index is 438. The van der Waals surface area contributed by atoms with Gasteiger partial charge in [-0.1, -0.05) is 0 Å². The van der Waals surface area contributed by atoms with Crippen molar-refractivity contribution in [2.75, 3.05) is 0 Å². The third-order valence-corrected chi connectivity index (χ3v) is 2.68. The number of halogens is 3. The number of nitrogens with zero attached hydrogens (tertiary/aromatic N) is 2. The number of imidazole rings is 1. The first kappa shape index (κ1) is 8.19. The van der Waals surface area contributed by atoms with Crippen LogP contribution in [0.3, 0.4) is 0 Å². The van der Waals surface area contributed by atoms with Gasteiger partial charge in [-0.15, -0.1) is 0 Å². The minimum absolute atomic E-state index is 0.305. The van der Waals surface area contributed by atoms with Crippen LogP contribution in [0.1, 0.15) is 0 Å². The Morgan fingerprint density at radius 1 is 1.42 bits per heavy atom. The van der Waals surface area contributed by atoms with Gasteiger partial charge in [-0.05, 0) is 31.9 Å². The molecule has 0 aliphatic heterocycles. The van der Waals surface area contributed by atoms with E-state index in [1.54, 1.807) is 16.8 Å². The molecule has 0 aromatic carbocycles. The Morgan fingerprint density at radius 2 is 2.17 bits per heavy atom. The van der Waals surface area contributed by atoms with Crippen molar-refractivity contribution in [3.63, 3.8) is 0 Å². The van der Waals surface area contributed by atoms with E-state index in [0.717, 1.165) is 4.60 Å². The summed E-state index contributed by atoms with van der Waals surface area (Å²) in [6, 6.07) is 1.37. The number of hydrogen-bond donors (Lipinski definition) is 0. The average molecular weight is 294 g/mol. The third kappa shape index (κ3) is 1.17. The van der Waals surface area contributed by atoms with Gasteiger partial charge in [0.15, 0.2) is 0 Å². The van der Waals surface area contributed by atoms with Gasteiger partial charge in [0, 0.05) is 12.3 Å². The Morgan fingerprint density at radius 3 is 2.92 bits per heavy atom. The van der Waals surface area contributed by atoms with E-state index in [9.17, 15) is 4.39 Å². The van der Waals surface area contributed by atoms with Crippen LogP contribution in [0.4, 0.5) is 4.39 Å². The van der Waals surface area contributed by atoms with Crippen molar-refractivity contribution >= 4 is 37.5 Å². The summed E-state index contributed by atoms with van der Waals surface area (Å²) in [5.41, 5.74) is 0.586. The molecule has 5 heteroatoms. The van der Waals surface area contributed by atoms with Gasteiger partial charge >= 0.3 is 0 Å². The third-order valence-electron chi connectivity index (χ3n) is 1.51. The minimum Gasteiger partial charge on any atom is -0.293 e. The van der Waals surface area contributed by atoms with E-state index in [-0.39, 0.29) is 5.82 Å². The second kappa shape index (κ2) is 2.81. The van der Waals surface area contributed by atoms with E-state index in [1.165, 1.54) is 6.07 Å². The van der Waals surface area contributed by atoms with E-state index >= 15 is 0 Å². The standard InChI is InChI=1S/C7H3Br2FN2/c8-4-3-12-6(9)2-11-7(12)1-5(4)10/h1-3H. The molecule has 2 aromatic rings. The van der Waals surface area contributed by atoms with E-state index in [4.69, 9.17) is 0 Å². The Kier molecular flexibility index (Phi) is 1.92. The highest BCUT2D eigenvalue weighted by Gasteiger charge is 2.04. The molecular formula is C7H3Br2FN2. The lowest BCUT2D eigenvalue weighted by molar-refractivity contribution is 0.619. The fraction of sp³-hybridized carbons (Fsp3) is 0. The van der Waals surface area contributed by atoms with Crippen LogP contribution in [-0.4, -0.2) is 9.38 Å². The molecule has 0 unspecified atom stereocenters. The van der Waals surface area contributed by atoms with Crippen LogP contribution < -0.4 is 0 Å². The molecule has 62 valence electrons. The summed E-state index contributed by atoms with van der Waals surface area (Å²) in [7, 11) is 0. The van der Waals surface area contributed by atoms with Crippen molar-refractivity contribution in [1.82, 2.24) is 9.38 Å². The van der Waals surface area contributed by atoms with Crippen molar-refractivity contribution in [2.24, 2.45) is 0 Å². The summed E-state index contributed by atoms with van der Waals surface area (Å²) >= 11 is 6.37. The van der Waals surface area contributed by atoms with Gasteiger partial charge in [-0.3, -0.25) is 4.40 Å². The molecule has 2 aromatic heterocycles. The van der Waals surface area contributed by atoms with Crippen LogP contribution in [0.25, 0.3) is 5.65 Å². The number of pyridine rings is 1. The molecule has 0 aliphatic rings. The lowest BCUT2D eigenvalue weighted by atomic mass is 10.4. The average Bonchev–Trinajstić information content (AvgIpc) is 2.35. The molecule has 0 radical (unpaired) electrons. The molecule has 12 heavy (non-hydrogen) atoms. The lowest BCUT2D eigenvalue weighted by Gasteiger charge is -1.97. The highest BCUT2D eigenvalue weighted by atomic mass is 79.9. The molecule has 0 amide bonds. The summed E-state index contributed by atoms with van der Waals surface area (Å²) in [6.07, 6.45) is 3.25. The SMILES string of the molecule is Fc1cc2ncc(Br)n2cc1Br. The van der Waals surface area contributed by atoms with E-state index in [1.807, 2.05) is 0 Å². The highest BCUT2D eigenvalue weighted by Crippen LogP contribution is 2.20. The quantitative estimate of drug-likeness (QED) is 0.730. The molecule has 0 bridgehead atoms. The molecule has 0 aliphatic carbocycles. The molecule has 2 nitrogen and oxygen atoms in total. The fourth-order valence-corrected chi connectivity index (χ4v) is 1.65. The first-order valence-corrected chi connectivity index (χ1v) is 4.74. The maximum atomic E-state index is 12.9. The number of fused-ring (bicyclic) bond motifs is 1. The number of hydrogen-bond acceptors (Lipinski definition) is 1. The minimum atomic E-state index is -0.305. The van der Waals surface area contributed by atoms with Gasteiger partial charge in [0.25, 0.3) is 0 Å². The summed E-state index contributed by atoms with van der Waals surface area (Å²) < 4.78 is 15.9. The maximum Gasteiger partial charge on any atom is 0.142 e. The van der Waals surface area contributed by atoms with E-state index in [0.29, 0.717) is 10.1 Å². The zero-order valence-corrected chi connectivity index (χ0v) is 8.93. The normalized spacial score (nSPS) is 10.9. The molecule has 0 spiro atoms. The summed E-state index contributed by atoms with van der Waals surface area (Å²) in [4.78, 5) is 3.98. The van der Waals surface area contributed by atoms with Gasteiger partial charge in [-0.25, -0.2) is 9.37 Å². The zero-order chi connectivity index (χ0) is 8.72. The number of rotatable bonds is 0. The van der Waals surface area contributed by atoms with Crippen molar-refractivity contribution in [3.8, 4) is 0 Å². The van der Waals surface area contributed by atoms with Crippen molar-refractivity contribution in [1.29, 1.82) is 0 Å². The van der Waals surface area contributed by atoms with Crippen molar-refractivity contribution in [3.05, 3.63) is 33.4 Å². The molecule has 0 atom stereocenters. The molecule has 0 fully saturated rings. The summed E-state index contributed by atoms with van der Waals surface area (Å²) in [6.45, 7) is 0. The molecular weight excluding hydrogens is 291 g/mol. The topological polar surface area (TPSA) is 17.3 Å². The Balaban J connectivity index is 2.87. The van der Waals surface area contributed by atoms with Crippen LogP contribution in [0.2, 0.25) is 0 Å². The second-order valence-electron chi connectivity index (χ2n) is 2.28. The summed E-state index contributed by atoms with van der Waals surface area (Å²) in [5, 5.41) is 0. The van der Waals surface area contributed by atoms with Gasteiger partial charge in [0.1, 0.15) is 16.1 Å². The Labute approximate surface area is 84.7 Å². The van der Waals surface area contributed by atoms with Crippen LogP contribution in [0.5, 0.6) is 0 Å².